The summed E-state index contributed by atoms with van der Waals surface area (Å²) < 4.78 is 14.1. The molecule has 75 valence electrons. The second kappa shape index (κ2) is 5.24. The largest absolute Gasteiger partial charge is 0.496 e. The Morgan fingerprint density at radius 1 is 1.43 bits per heavy atom. The van der Waals surface area contributed by atoms with E-state index in [9.17, 15) is 4.79 Å². The lowest BCUT2D eigenvalue weighted by Gasteiger charge is -2.07. The highest BCUT2D eigenvalue weighted by Gasteiger charge is 2.11. The fraction of sp³-hybridized carbons (Fsp3) is 0.200. The second-order valence-corrected chi connectivity index (χ2v) is 2.45. The van der Waals surface area contributed by atoms with Crippen LogP contribution < -0.4 is 4.74 Å². The van der Waals surface area contributed by atoms with E-state index in [0.717, 1.165) is 0 Å². The summed E-state index contributed by atoms with van der Waals surface area (Å²) in [7, 11) is 4.58. The average molecular weight is 195 g/mol. The van der Waals surface area contributed by atoms with Crippen molar-refractivity contribution in [1.82, 2.24) is 0 Å². The fourth-order valence-electron chi connectivity index (χ4n) is 0.986. The first-order valence-corrected chi connectivity index (χ1v) is 3.96. The summed E-state index contributed by atoms with van der Waals surface area (Å²) in [4.78, 5) is 11.4. The number of hydrogen-bond donors (Lipinski definition) is 0. The highest BCUT2D eigenvalue weighted by Crippen LogP contribution is 2.17. The normalized spacial score (nSPS) is 9.57. The molecule has 0 unspecified atom stereocenters. The van der Waals surface area contributed by atoms with Crippen molar-refractivity contribution >= 4 is 5.97 Å². The monoisotopic (exact) mass is 195 g/mol. The molecule has 0 heterocycles. The van der Waals surface area contributed by atoms with Crippen LogP contribution in [0.4, 0.5) is 0 Å². The van der Waals surface area contributed by atoms with Crippen molar-refractivity contribution in [3.8, 4) is 5.75 Å². The third-order valence-electron chi connectivity index (χ3n) is 1.60. The highest BCUT2D eigenvalue weighted by molar-refractivity contribution is 5.92. The van der Waals surface area contributed by atoms with Crippen molar-refractivity contribution in [2.75, 3.05) is 13.9 Å². The minimum absolute atomic E-state index is 0.170. The van der Waals surface area contributed by atoms with E-state index in [1.165, 1.54) is 7.11 Å². The fourth-order valence-corrected chi connectivity index (χ4v) is 0.986. The first-order chi connectivity index (χ1) is 6.79. The molecule has 1 aromatic carbocycles. The maximum Gasteiger partial charge on any atom is 0.344 e. The van der Waals surface area contributed by atoms with E-state index in [2.05, 4.69) is 11.8 Å². The number of rotatable bonds is 4. The Labute approximate surface area is 82.4 Å². The molecule has 1 rings (SSSR count). The maximum absolute atomic E-state index is 11.4. The number of hydrogen-bond acceptors (Lipinski definition) is 4. The minimum Gasteiger partial charge on any atom is -0.496 e. The Morgan fingerprint density at radius 3 is 2.79 bits per heavy atom. The van der Waals surface area contributed by atoms with Gasteiger partial charge in [-0.25, -0.2) is 4.79 Å². The van der Waals surface area contributed by atoms with Crippen LogP contribution in [-0.4, -0.2) is 19.9 Å². The molecule has 0 saturated heterocycles. The molecule has 0 bridgehead atoms. The summed E-state index contributed by atoms with van der Waals surface area (Å²) in [6.45, 7) is -0.170. The van der Waals surface area contributed by atoms with Gasteiger partial charge >= 0.3 is 5.97 Å². The van der Waals surface area contributed by atoms with Crippen LogP contribution >= 0.6 is 0 Å². The Balaban J connectivity index is 2.78. The lowest BCUT2D eigenvalue weighted by Crippen LogP contribution is -2.08. The van der Waals surface area contributed by atoms with Crippen molar-refractivity contribution in [2.24, 2.45) is 0 Å². The van der Waals surface area contributed by atoms with Crippen LogP contribution in [-0.2, 0) is 9.47 Å². The number of esters is 1. The van der Waals surface area contributed by atoms with Gasteiger partial charge in [0.1, 0.15) is 11.3 Å². The minimum atomic E-state index is -0.494. The van der Waals surface area contributed by atoms with Crippen molar-refractivity contribution in [3.05, 3.63) is 36.9 Å². The molecular weight excluding hydrogens is 184 g/mol. The molecule has 4 heteroatoms. The first kappa shape index (κ1) is 10.5. The molecule has 1 aromatic rings. The van der Waals surface area contributed by atoms with Gasteiger partial charge in [0, 0.05) is 0 Å². The second-order valence-electron chi connectivity index (χ2n) is 2.45. The van der Waals surface area contributed by atoms with Gasteiger partial charge in [-0.15, -0.1) is 0 Å². The molecule has 0 spiro atoms. The van der Waals surface area contributed by atoms with Gasteiger partial charge in [0.15, 0.2) is 6.79 Å². The average Bonchev–Trinajstić information content (AvgIpc) is 2.25. The number of methoxy groups -OCH3 is 1. The summed E-state index contributed by atoms with van der Waals surface area (Å²) in [6, 6.07) is 6.80. The number of para-hydroxylation sites is 1. The van der Waals surface area contributed by atoms with E-state index >= 15 is 0 Å². The van der Waals surface area contributed by atoms with Gasteiger partial charge in [0.05, 0.1) is 14.2 Å². The smallest absolute Gasteiger partial charge is 0.344 e. The molecule has 0 N–H and O–H groups in total. The molecule has 1 radical (unpaired) electrons. The zero-order valence-corrected chi connectivity index (χ0v) is 7.86. The van der Waals surface area contributed by atoms with Crippen LogP contribution in [0.2, 0.25) is 0 Å². The predicted molar refractivity (Wildman–Crippen MR) is 49.7 cm³/mol. The van der Waals surface area contributed by atoms with Crippen LogP contribution in [0.5, 0.6) is 5.75 Å². The molecule has 0 aliphatic rings. The molecule has 0 amide bonds. The topological polar surface area (TPSA) is 44.8 Å². The third-order valence-corrected chi connectivity index (χ3v) is 1.60. The van der Waals surface area contributed by atoms with Gasteiger partial charge in [-0.05, 0) is 12.1 Å². The quantitative estimate of drug-likeness (QED) is 0.541. The molecule has 0 fully saturated rings. The summed E-state index contributed by atoms with van der Waals surface area (Å²) in [6.07, 6.45) is 0. The summed E-state index contributed by atoms with van der Waals surface area (Å²) in [5.41, 5.74) is 0.368. The number of benzene rings is 1. The molecule has 14 heavy (non-hydrogen) atoms. The van der Waals surface area contributed by atoms with Gasteiger partial charge in [0.25, 0.3) is 0 Å². The van der Waals surface area contributed by atoms with E-state index < -0.39 is 5.97 Å². The van der Waals surface area contributed by atoms with Crippen molar-refractivity contribution in [3.63, 3.8) is 0 Å². The van der Waals surface area contributed by atoms with E-state index in [1.807, 2.05) is 0 Å². The van der Waals surface area contributed by atoms with Crippen molar-refractivity contribution < 1.29 is 19.0 Å². The van der Waals surface area contributed by atoms with Gasteiger partial charge in [-0.2, -0.15) is 0 Å². The molecule has 0 aliphatic carbocycles. The van der Waals surface area contributed by atoms with Gasteiger partial charge in [-0.3, -0.25) is 0 Å². The Kier molecular flexibility index (Phi) is 3.94. The SMILES string of the molecule is [CH2]OCOC(=O)c1ccccc1OC. The predicted octanol–water partition coefficient (Wildman–Crippen LogP) is 1.62. The third kappa shape index (κ3) is 2.47. The lowest BCUT2D eigenvalue weighted by molar-refractivity contribution is -0.00151. The first-order valence-electron chi connectivity index (χ1n) is 3.96. The van der Waals surface area contributed by atoms with Crippen LogP contribution in [0.1, 0.15) is 10.4 Å². The molecule has 0 saturated carbocycles. The summed E-state index contributed by atoms with van der Waals surface area (Å²) in [5, 5.41) is 0. The Morgan fingerprint density at radius 2 is 2.14 bits per heavy atom. The van der Waals surface area contributed by atoms with E-state index in [4.69, 9.17) is 9.47 Å². The van der Waals surface area contributed by atoms with Crippen LogP contribution in [0.25, 0.3) is 0 Å². The number of ether oxygens (including phenoxy) is 3. The Hall–Kier alpha value is -1.55. The highest BCUT2D eigenvalue weighted by atomic mass is 16.7. The molecule has 0 aromatic heterocycles. The summed E-state index contributed by atoms with van der Waals surface area (Å²) >= 11 is 0. The van der Waals surface area contributed by atoms with Crippen LogP contribution in [0, 0.1) is 7.11 Å². The molecular formula is C10H11O4. The van der Waals surface area contributed by atoms with E-state index in [-0.39, 0.29) is 6.79 Å². The van der Waals surface area contributed by atoms with Crippen LogP contribution in [0.15, 0.2) is 24.3 Å². The van der Waals surface area contributed by atoms with Crippen molar-refractivity contribution in [1.29, 1.82) is 0 Å². The number of carbonyl (C=O) groups is 1. The van der Waals surface area contributed by atoms with Gasteiger partial charge < -0.3 is 14.2 Å². The zero-order chi connectivity index (χ0) is 10.4. The van der Waals surface area contributed by atoms with Crippen LogP contribution in [0.3, 0.4) is 0 Å². The van der Waals surface area contributed by atoms with Gasteiger partial charge in [0.2, 0.25) is 0 Å². The van der Waals surface area contributed by atoms with Gasteiger partial charge in [-0.1, -0.05) is 12.1 Å². The molecule has 0 atom stereocenters. The zero-order valence-electron chi connectivity index (χ0n) is 7.86. The number of carbonyl (C=O) groups excluding carboxylic acids is 1. The summed E-state index contributed by atoms with van der Waals surface area (Å²) in [5.74, 6) is -0.0207. The van der Waals surface area contributed by atoms with E-state index in [1.54, 1.807) is 24.3 Å². The standard InChI is InChI=1S/C10H11O4/c1-12-7-14-10(11)8-5-3-4-6-9(8)13-2/h3-6H,1,7H2,2H3. The molecule has 4 nitrogen and oxygen atoms in total. The molecule has 0 aliphatic heterocycles. The maximum atomic E-state index is 11.4. The van der Waals surface area contributed by atoms with Crippen molar-refractivity contribution in [2.45, 2.75) is 0 Å². The lowest BCUT2D eigenvalue weighted by atomic mass is 10.2. The van der Waals surface area contributed by atoms with E-state index in [0.29, 0.717) is 11.3 Å². The Bertz CT molecular complexity index is 309.